The summed E-state index contributed by atoms with van der Waals surface area (Å²) < 4.78 is 31.7. The molecule has 5 nitrogen and oxygen atoms in total. The van der Waals surface area contributed by atoms with Crippen molar-refractivity contribution >= 4 is 11.9 Å². The van der Waals surface area contributed by atoms with Gasteiger partial charge in [0.2, 0.25) is 0 Å². The lowest BCUT2D eigenvalue weighted by Gasteiger charge is -2.32. The van der Waals surface area contributed by atoms with Crippen LogP contribution in [0.4, 0.5) is 13.2 Å². The predicted molar refractivity (Wildman–Crippen MR) is 85.2 cm³/mol. The standard InChI is InChI=1S/C15H20N2O.C2HF3O2/c18-14(13-6-2-1-3-7-13)16-12-15-8-4-10-17(15)11-5-9-15;3-2(4,5)1(6)7/h1-3,6-7H,4-5,8-12H2,(H,16,18);(H,6,7). The number of amides is 1. The molecule has 0 spiro atoms. The summed E-state index contributed by atoms with van der Waals surface area (Å²) in [5, 5.41) is 10.2. The lowest BCUT2D eigenvalue weighted by molar-refractivity contribution is -0.192. The fourth-order valence-electron chi connectivity index (χ4n) is 3.45. The Labute approximate surface area is 143 Å². The molecule has 2 fully saturated rings. The molecule has 2 aliphatic heterocycles. The molecular weight excluding hydrogens is 337 g/mol. The zero-order valence-electron chi connectivity index (χ0n) is 13.7. The number of hydrogen-bond donors (Lipinski definition) is 2. The summed E-state index contributed by atoms with van der Waals surface area (Å²) in [5.74, 6) is -2.70. The number of carbonyl (C=O) groups is 2. The van der Waals surface area contributed by atoms with Crippen molar-refractivity contribution in [3.63, 3.8) is 0 Å². The van der Waals surface area contributed by atoms with Gasteiger partial charge in [-0.2, -0.15) is 13.2 Å². The zero-order valence-corrected chi connectivity index (χ0v) is 13.7. The Morgan fingerprint density at radius 1 is 1.12 bits per heavy atom. The Balaban J connectivity index is 0.000000277. The Bertz CT molecular complexity index is 595. The first-order valence-corrected chi connectivity index (χ1v) is 8.13. The average molecular weight is 358 g/mol. The normalized spacial score (nSPS) is 18.8. The van der Waals surface area contributed by atoms with E-state index >= 15 is 0 Å². The highest BCUT2D eigenvalue weighted by Crippen LogP contribution is 2.38. The lowest BCUT2D eigenvalue weighted by atomic mass is 9.94. The van der Waals surface area contributed by atoms with Gasteiger partial charge in [-0.3, -0.25) is 9.69 Å². The number of rotatable bonds is 3. The number of fused-ring (bicyclic) bond motifs is 1. The minimum atomic E-state index is -5.08. The number of alkyl halides is 3. The molecule has 2 heterocycles. The molecule has 8 heteroatoms. The minimum Gasteiger partial charge on any atom is -0.475 e. The number of hydrogen-bond acceptors (Lipinski definition) is 3. The molecule has 3 rings (SSSR count). The third-order valence-electron chi connectivity index (χ3n) is 4.67. The number of benzene rings is 1. The van der Waals surface area contributed by atoms with Crippen LogP contribution in [-0.2, 0) is 4.79 Å². The highest BCUT2D eigenvalue weighted by molar-refractivity contribution is 5.94. The van der Waals surface area contributed by atoms with Crippen LogP contribution in [0.2, 0.25) is 0 Å². The summed E-state index contributed by atoms with van der Waals surface area (Å²) in [4.78, 5) is 23.5. The van der Waals surface area contributed by atoms with Crippen molar-refractivity contribution < 1.29 is 27.9 Å². The first-order valence-electron chi connectivity index (χ1n) is 8.13. The molecule has 0 bridgehead atoms. The molecular formula is C17H21F3N2O3. The van der Waals surface area contributed by atoms with Gasteiger partial charge in [0.15, 0.2) is 0 Å². The maximum atomic E-state index is 12.1. The lowest BCUT2D eigenvalue weighted by Crippen LogP contribution is -2.48. The van der Waals surface area contributed by atoms with Gasteiger partial charge in [-0.05, 0) is 50.9 Å². The molecule has 0 radical (unpaired) electrons. The molecule has 2 N–H and O–H groups in total. The quantitative estimate of drug-likeness (QED) is 0.872. The fourth-order valence-corrected chi connectivity index (χ4v) is 3.45. The van der Waals surface area contributed by atoms with E-state index in [4.69, 9.17) is 9.90 Å². The zero-order chi connectivity index (χ0) is 18.5. The Kier molecular flexibility index (Phi) is 6.05. The van der Waals surface area contributed by atoms with Crippen LogP contribution < -0.4 is 5.32 Å². The molecule has 2 aliphatic rings. The summed E-state index contributed by atoms with van der Waals surface area (Å²) >= 11 is 0. The molecule has 1 aromatic carbocycles. The Hall–Kier alpha value is -2.09. The second kappa shape index (κ2) is 7.86. The molecule has 138 valence electrons. The largest absolute Gasteiger partial charge is 0.490 e. The number of aliphatic carboxylic acids is 1. The van der Waals surface area contributed by atoms with Gasteiger partial charge < -0.3 is 10.4 Å². The number of halogens is 3. The SMILES string of the molecule is O=C(NCC12CCCN1CCC2)c1ccccc1.O=C(O)C(F)(F)F. The number of nitrogens with zero attached hydrogens (tertiary/aromatic N) is 1. The maximum absolute atomic E-state index is 12.1. The first kappa shape index (κ1) is 19.2. The molecule has 2 saturated heterocycles. The van der Waals surface area contributed by atoms with Crippen LogP contribution in [0.15, 0.2) is 30.3 Å². The van der Waals surface area contributed by atoms with E-state index < -0.39 is 12.1 Å². The van der Waals surface area contributed by atoms with Crippen molar-refractivity contribution in [2.75, 3.05) is 19.6 Å². The maximum Gasteiger partial charge on any atom is 0.490 e. The van der Waals surface area contributed by atoms with E-state index in [2.05, 4.69) is 10.2 Å². The predicted octanol–water partition coefficient (Wildman–Crippen LogP) is 2.68. The number of carboxylic acids is 1. The topological polar surface area (TPSA) is 69.6 Å². The molecule has 0 unspecified atom stereocenters. The molecule has 25 heavy (non-hydrogen) atoms. The summed E-state index contributed by atoms with van der Waals surface area (Å²) in [5.41, 5.74) is 1.03. The van der Waals surface area contributed by atoms with Crippen LogP contribution in [0.5, 0.6) is 0 Å². The van der Waals surface area contributed by atoms with Gasteiger partial charge in [-0.15, -0.1) is 0 Å². The molecule has 0 aliphatic carbocycles. The van der Waals surface area contributed by atoms with Gasteiger partial charge in [-0.25, -0.2) is 4.79 Å². The first-order chi connectivity index (χ1) is 11.7. The van der Waals surface area contributed by atoms with E-state index in [9.17, 15) is 18.0 Å². The van der Waals surface area contributed by atoms with Gasteiger partial charge >= 0.3 is 12.1 Å². The van der Waals surface area contributed by atoms with Crippen LogP contribution in [0, 0.1) is 0 Å². The average Bonchev–Trinajstić information content (AvgIpc) is 3.13. The van der Waals surface area contributed by atoms with E-state index in [1.807, 2.05) is 30.3 Å². The Morgan fingerprint density at radius 3 is 2.12 bits per heavy atom. The van der Waals surface area contributed by atoms with E-state index in [0.717, 1.165) is 12.1 Å². The third kappa shape index (κ3) is 4.94. The van der Waals surface area contributed by atoms with E-state index in [1.165, 1.54) is 38.8 Å². The van der Waals surface area contributed by atoms with Gasteiger partial charge in [0.25, 0.3) is 5.91 Å². The summed E-state index contributed by atoms with van der Waals surface area (Å²) in [6, 6.07) is 9.49. The van der Waals surface area contributed by atoms with Crippen molar-refractivity contribution in [2.24, 2.45) is 0 Å². The van der Waals surface area contributed by atoms with Crippen molar-refractivity contribution in [1.82, 2.24) is 10.2 Å². The molecule has 0 aromatic heterocycles. The van der Waals surface area contributed by atoms with E-state index in [0.29, 0.717) is 0 Å². The molecule has 0 saturated carbocycles. The minimum absolute atomic E-state index is 0.0590. The summed E-state index contributed by atoms with van der Waals surface area (Å²) in [7, 11) is 0. The second-order valence-corrected chi connectivity index (χ2v) is 6.27. The van der Waals surface area contributed by atoms with E-state index in [-0.39, 0.29) is 11.4 Å². The van der Waals surface area contributed by atoms with Gasteiger partial charge in [0.05, 0.1) is 0 Å². The molecule has 1 amide bonds. The van der Waals surface area contributed by atoms with E-state index in [1.54, 1.807) is 0 Å². The highest BCUT2D eigenvalue weighted by atomic mass is 19.4. The monoisotopic (exact) mass is 358 g/mol. The molecule has 0 atom stereocenters. The second-order valence-electron chi connectivity index (χ2n) is 6.27. The van der Waals surface area contributed by atoms with Crippen LogP contribution in [0.25, 0.3) is 0 Å². The van der Waals surface area contributed by atoms with Gasteiger partial charge in [0.1, 0.15) is 0 Å². The summed E-state index contributed by atoms with van der Waals surface area (Å²) in [6.07, 6.45) is -0.0491. The van der Waals surface area contributed by atoms with Crippen molar-refractivity contribution in [3.05, 3.63) is 35.9 Å². The Morgan fingerprint density at radius 2 is 1.64 bits per heavy atom. The third-order valence-corrected chi connectivity index (χ3v) is 4.67. The van der Waals surface area contributed by atoms with Crippen LogP contribution in [0.3, 0.4) is 0 Å². The van der Waals surface area contributed by atoms with Crippen LogP contribution in [0.1, 0.15) is 36.0 Å². The van der Waals surface area contributed by atoms with Gasteiger partial charge in [0, 0.05) is 17.6 Å². The van der Waals surface area contributed by atoms with Crippen LogP contribution >= 0.6 is 0 Å². The van der Waals surface area contributed by atoms with Gasteiger partial charge in [-0.1, -0.05) is 18.2 Å². The smallest absolute Gasteiger partial charge is 0.475 e. The number of carbonyl (C=O) groups excluding carboxylic acids is 1. The highest BCUT2D eigenvalue weighted by Gasteiger charge is 2.44. The number of nitrogens with one attached hydrogen (secondary N) is 1. The van der Waals surface area contributed by atoms with Crippen LogP contribution in [-0.4, -0.2) is 53.2 Å². The van der Waals surface area contributed by atoms with Crippen molar-refractivity contribution in [1.29, 1.82) is 0 Å². The summed E-state index contributed by atoms with van der Waals surface area (Å²) in [6.45, 7) is 3.23. The number of carboxylic acid groups (broad SMARTS) is 1. The molecule has 1 aromatic rings. The van der Waals surface area contributed by atoms with Crippen molar-refractivity contribution in [3.8, 4) is 0 Å². The fraction of sp³-hybridized carbons (Fsp3) is 0.529. The van der Waals surface area contributed by atoms with Crippen molar-refractivity contribution in [2.45, 2.75) is 37.4 Å².